The minimum Gasteiger partial charge on any atom is -0.768 e. The maximum absolute atomic E-state index is 11.8. The van der Waals surface area contributed by atoms with Crippen LogP contribution >= 0.6 is 30.7 Å². The molecule has 0 amide bonds. The third-order valence-electron chi connectivity index (χ3n) is 2.30. The van der Waals surface area contributed by atoms with Gasteiger partial charge in [0, 0.05) is 18.0 Å². The van der Waals surface area contributed by atoms with Crippen molar-refractivity contribution in [1.29, 1.82) is 0 Å². The van der Waals surface area contributed by atoms with Gasteiger partial charge in [0.25, 0.3) is 10.0 Å². The Morgan fingerprint density at radius 1 is 1.55 bits per heavy atom. The molecule has 1 aromatic rings. The van der Waals surface area contributed by atoms with Crippen LogP contribution in [-0.4, -0.2) is 25.7 Å². The molecule has 0 saturated heterocycles. The number of allylic oxidation sites excluding steroid dienone is 2. The van der Waals surface area contributed by atoms with Gasteiger partial charge < -0.3 is 9.42 Å². The fourth-order valence-electron chi connectivity index (χ4n) is 1.42. The summed E-state index contributed by atoms with van der Waals surface area (Å²) in [5.41, 5.74) is 0. The first-order valence-electron chi connectivity index (χ1n) is 5.61. The van der Waals surface area contributed by atoms with Crippen LogP contribution in [0.5, 0.6) is 0 Å². The Balaban J connectivity index is 0.00000242. The van der Waals surface area contributed by atoms with E-state index in [2.05, 4.69) is 0 Å². The molecular weight excluding hydrogens is 382 g/mol. The third kappa shape index (κ3) is 5.99. The molecule has 0 saturated carbocycles. The second kappa shape index (κ2) is 8.32. The Bertz CT molecular complexity index is 707. The van der Waals surface area contributed by atoms with Gasteiger partial charge in [-0.2, -0.15) is 0 Å². The molecule has 1 aliphatic rings. The molecule has 1 atom stereocenters. The van der Waals surface area contributed by atoms with Crippen LogP contribution in [0.1, 0.15) is 0 Å². The van der Waals surface area contributed by atoms with E-state index in [0.717, 1.165) is 11.3 Å². The van der Waals surface area contributed by atoms with E-state index in [-0.39, 0.29) is 46.1 Å². The molecule has 0 fully saturated rings. The Labute approximate surface area is 159 Å². The van der Waals surface area contributed by atoms with Crippen LogP contribution in [0.25, 0.3) is 0 Å². The normalized spacial score (nSPS) is 17.4. The second-order valence-electron chi connectivity index (χ2n) is 3.97. The maximum Gasteiger partial charge on any atom is 1.00 e. The second-order valence-corrected chi connectivity index (χ2v) is 9.07. The average Bonchev–Trinajstić information content (AvgIpc) is 2.91. The molecule has 0 radical (unpaired) electrons. The van der Waals surface area contributed by atoms with Crippen LogP contribution in [0.3, 0.4) is 0 Å². The smallest absolute Gasteiger partial charge is 0.768 e. The van der Waals surface area contributed by atoms with Gasteiger partial charge in [-0.15, -0.1) is 11.3 Å². The minimum absolute atomic E-state index is 0. The van der Waals surface area contributed by atoms with Crippen molar-refractivity contribution in [1.82, 2.24) is 9.14 Å². The monoisotopic (exact) mass is 392 g/mol. The first-order valence-corrected chi connectivity index (χ1v) is 10.0. The zero-order valence-electron chi connectivity index (χ0n) is 11.5. The zero-order valence-corrected chi connectivity index (χ0v) is 16.8. The van der Waals surface area contributed by atoms with Gasteiger partial charge >= 0.3 is 29.6 Å². The minimum atomic E-state index is -4.41. The van der Waals surface area contributed by atoms with Crippen molar-refractivity contribution in [3.8, 4) is 0 Å². The molecule has 1 aliphatic heterocycles. The van der Waals surface area contributed by atoms with Gasteiger partial charge in [-0.1, -0.05) is 6.07 Å². The van der Waals surface area contributed by atoms with E-state index in [1.54, 1.807) is 11.4 Å². The number of hydrogen-bond acceptors (Lipinski definition) is 7. The van der Waals surface area contributed by atoms with Gasteiger partial charge in [-0.05, 0) is 23.6 Å². The van der Waals surface area contributed by atoms with Gasteiger partial charge in [-0.3, -0.25) is 8.98 Å². The number of nitrogens with zero attached hydrogens (tertiary/aromatic N) is 1. The molecule has 1 N–H and O–H groups in total. The zero-order chi connectivity index (χ0) is 15.5. The van der Waals surface area contributed by atoms with E-state index in [4.69, 9.17) is 16.3 Å². The van der Waals surface area contributed by atoms with Crippen molar-refractivity contribution < 1.29 is 52.0 Å². The summed E-state index contributed by atoms with van der Waals surface area (Å²) in [4.78, 5) is 11.8. The fourth-order valence-corrected chi connectivity index (χ4v) is 5.15. The Morgan fingerprint density at radius 3 is 2.86 bits per heavy atom. The molecule has 116 valence electrons. The number of rotatable bonds is 6. The number of nitrogens with one attached hydrogen (secondary N) is 1. The van der Waals surface area contributed by atoms with Gasteiger partial charge in [0.05, 0.1) is 12.8 Å². The molecular formula is C10H11ClN2NaO5PS2. The molecule has 0 bridgehead atoms. The number of hydrogen-bond donors (Lipinski definition) is 1. The predicted molar refractivity (Wildman–Crippen MR) is 78.0 cm³/mol. The Hall–Kier alpha value is 0.170. The van der Waals surface area contributed by atoms with Gasteiger partial charge in [-0.25, -0.2) is 13.1 Å². The van der Waals surface area contributed by atoms with Crippen molar-refractivity contribution in [2.24, 2.45) is 0 Å². The summed E-state index contributed by atoms with van der Waals surface area (Å²) in [6, 6.07) is 2.93. The SMILES string of the molecule is O=P([O-])(CNS(=O)(=O)c1cccs1)OC1=CC=CN(Cl)C1.[Na+]. The summed E-state index contributed by atoms with van der Waals surface area (Å²) >= 11 is 6.67. The molecule has 1 aromatic heterocycles. The number of halogens is 1. The molecule has 12 heteroatoms. The van der Waals surface area contributed by atoms with Crippen LogP contribution < -0.4 is 39.2 Å². The Morgan fingerprint density at radius 2 is 2.27 bits per heavy atom. The summed E-state index contributed by atoms with van der Waals surface area (Å²) in [5, 5.41) is 1.58. The van der Waals surface area contributed by atoms with Crippen molar-refractivity contribution in [2.75, 3.05) is 12.8 Å². The van der Waals surface area contributed by atoms with Crippen molar-refractivity contribution in [3.63, 3.8) is 0 Å². The maximum atomic E-state index is 11.8. The van der Waals surface area contributed by atoms with E-state index in [9.17, 15) is 17.9 Å². The fraction of sp³-hybridized carbons (Fsp3) is 0.200. The first-order chi connectivity index (χ1) is 9.78. The van der Waals surface area contributed by atoms with E-state index in [0.29, 0.717) is 0 Å². The summed E-state index contributed by atoms with van der Waals surface area (Å²) in [7, 11) is -8.26. The van der Waals surface area contributed by atoms with Gasteiger partial charge in [0.2, 0.25) is 0 Å². The van der Waals surface area contributed by atoms with Crippen molar-refractivity contribution in [3.05, 3.63) is 41.6 Å². The van der Waals surface area contributed by atoms with E-state index < -0.39 is 23.9 Å². The predicted octanol–water partition coefficient (Wildman–Crippen LogP) is -1.58. The molecule has 7 nitrogen and oxygen atoms in total. The average molecular weight is 393 g/mol. The summed E-state index contributed by atoms with van der Waals surface area (Å²) in [6.45, 7) is 0.0714. The summed E-state index contributed by atoms with van der Waals surface area (Å²) in [5.74, 6) is 0.112. The van der Waals surface area contributed by atoms with Crippen LogP contribution in [0, 0.1) is 0 Å². The molecule has 1 unspecified atom stereocenters. The third-order valence-corrected chi connectivity index (χ3v) is 6.60. The standard InChI is InChI=1S/C10H12ClN2O5PS2.Na/c11-13-5-1-3-9(7-13)18-19(14,15)8-12-21(16,17)10-4-2-6-20-10;/h1-6,12H,7-8H2,(H,14,15);/q;+1/p-1. The summed E-state index contributed by atoms with van der Waals surface area (Å²) in [6.07, 6.45) is 3.65. The molecule has 2 rings (SSSR count). The van der Waals surface area contributed by atoms with Crippen LogP contribution in [0.2, 0.25) is 0 Å². The number of thiophene rings is 1. The molecule has 22 heavy (non-hydrogen) atoms. The van der Waals surface area contributed by atoms with E-state index in [1.165, 1.54) is 28.8 Å². The molecule has 0 aliphatic carbocycles. The topological polar surface area (TPSA) is 98.8 Å². The van der Waals surface area contributed by atoms with Crippen molar-refractivity contribution >= 4 is 40.7 Å². The van der Waals surface area contributed by atoms with E-state index in [1.807, 2.05) is 4.72 Å². The summed E-state index contributed by atoms with van der Waals surface area (Å²) < 4.78 is 43.5. The van der Waals surface area contributed by atoms with Crippen LogP contribution in [-0.2, 0) is 19.1 Å². The number of sulfonamides is 1. The molecule has 2 heterocycles. The van der Waals surface area contributed by atoms with E-state index >= 15 is 0 Å². The van der Waals surface area contributed by atoms with Crippen LogP contribution in [0.15, 0.2) is 45.8 Å². The van der Waals surface area contributed by atoms with Gasteiger partial charge in [0.15, 0.2) is 7.60 Å². The van der Waals surface area contributed by atoms with Gasteiger partial charge in [0.1, 0.15) is 9.97 Å². The largest absolute Gasteiger partial charge is 1.00 e. The van der Waals surface area contributed by atoms with Crippen molar-refractivity contribution in [2.45, 2.75) is 4.21 Å². The Kier molecular flexibility index (Phi) is 7.65. The quantitative estimate of drug-likeness (QED) is 0.356. The molecule has 0 spiro atoms. The first kappa shape index (κ1) is 20.2. The van der Waals surface area contributed by atoms with Crippen LogP contribution in [0.4, 0.5) is 0 Å². The molecule has 0 aromatic carbocycles.